The molecule has 0 radical (unpaired) electrons. The maximum Gasteiger partial charge on any atom is 0.407 e. The second-order valence-corrected chi connectivity index (χ2v) is 3.92. The first-order valence-corrected chi connectivity index (χ1v) is 5.73. The van der Waals surface area contributed by atoms with Gasteiger partial charge in [-0.1, -0.05) is 35.5 Å². The van der Waals surface area contributed by atoms with Crippen LogP contribution in [0, 0.1) is 0 Å². The van der Waals surface area contributed by atoms with Crippen molar-refractivity contribution < 1.29 is 19.2 Å². The molecule has 1 amide bonds. The molecule has 0 aromatic heterocycles. The molecule has 0 aliphatic rings. The minimum atomic E-state index is -0.682. The van der Waals surface area contributed by atoms with Gasteiger partial charge in [0.2, 0.25) is 0 Å². The molecule has 0 bridgehead atoms. The average molecular weight is 264 g/mol. The van der Waals surface area contributed by atoms with Gasteiger partial charge in [0, 0.05) is 0 Å². The Morgan fingerprint density at radius 1 is 1.21 bits per heavy atom. The Bertz CT molecular complexity index is 453. The molecule has 6 nitrogen and oxygen atoms in total. The third kappa shape index (κ3) is 6.82. The van der Waals surface area contributed by atoms with Gasteiger partial charge in [-0.3, -0.25) is 0 Å². The zero-order chi connectivity index (χ0) is 14.1. The van der Waals surface area contributed by atoms with Crippen molar-refractivity contribution in [3.05, 3.63) is 35.9 Å². The van der Waals surface area contributed by atoms with Crippen LogP contribution in [-0.4, -0.2) is 24.3 Å². The maximum atomic E-state index is 11.3. The van der Waals surface area contributed by atoms with E-state index in [0.29, 0.717) is 5.71 Å². The van der Waals surface area contributed by atoms with E-state index in [1.54, 1.807) is 13.8 Å². The fraction of sp³-hybridized carbons (Fsp3) is 0.308. The van der Waals surface area contributed by atoms with E-state index in [-0.39, 0.29) is 13.2 Å². The van der Waals surface area contributed by atoms with Crippen LogP contribution >= 0.6 is 0 Å². The van der Waals surface area contributed by atoms with Crippen molar-refractivity contribution in [1.29, 1.82) is 0 Å². The summed E-state index contributed by atoms with van der Waals surface area (Å²) in [5, 5.41) is 5.74. The van der Waals surface area contributed by atoms with E-state index >= 15 is 0 Å². The summed E-state index contributed by atoms with van der Waals surface area (Å²) in [6, 6.07) is 9.23. The Morgan fingerprint density at radius 3 is 2.53 bits per heavy atom. The predicted molar refractivity (Wildman–Crippen MR) is 69.5 cm³/mol. The molecule has 1 aromatic rings. The number of alkyl carbamates (subject to hydrolysis) is 1. The van der Waals surface area contributed by atoms with Crippen LogP contribution < -0.4 is 5.32 Å². The van der Waals surface area contributed by atoms with Crippen LogP contribution in [0.15, 0.2) is 35.5 Å². The predicted octanol–water partition coefficient (Wildman–Crippen LogP) is 1.85. The minimum absolute atomic E-state index is 0.147. The van der Waals surface area contributed by atoms with Crippen molar-refractivity contribution in [3.63, 3.8) is 0 Å². The molecule has 0 unspecified atom stereocenters. The number of carbonyl (C=O) groups is 2. The van der Waals surface area contributed by atoms with E-state index < -0.39 is 12.1 Å². The summed E-state index contributed by atoms with van der Waals surface area (Å²) in [7, 11) is 0. The van der Waals surface area contributed by atoms with Gasteiger partial charge in [-0.2, -0.15) is 0 Å². The van der Waals surface area contributed by atoms with Gasteiger partial charge in [0.1, 0.15) is 13.2 Å². The van der Waals surface area contributed by atoms with Gasteiger partial charge in [-0.05, 0) is 19.4 Å². The molecule has 0 saturated heterocycles. The Hall–Kier alpha value is -2.37. The highest BCUT2D eigenvalue weighted by atomic mass is 16.7. The van der Waals surface area contributed by atoms with Gasteiger partial charge in [0.05, 0.1) is 5.71 Å². The van der Waals surface area contributed by atoms with Gasteiger partial charge < -0.3 is 14.9 Å². The van der Waals surface area contributed by atoms with Crippen LogP contribution in [0.1, 0.15) is 19.4 Å². The van der Waals surface area contributed by atoms with E-state index in [0.717, 1.165) is 5.56 Å². The molecule has 0 aliphatic heterocycles. The zero-order valence-electron chi connectivity index (χ0n) is 10.9. The Balaban J connectivity index is 2.21. The fourth-order valence-electron chi connectivity index (χ4n) is 1.09. The molecule has 1 aromatic carbocycles. The number of hydrogen-bond donors (Lipinski definition) is 1. The number of ether oxygens (including phenoxy) is 1. The van der Waals surface area contributed by atoms with E-state index in [2.05, 4.69) is 15.3 Å². The number of nitrogens with zero attached hydrogens (tertiary/aromatic N) is 1. The maximum absolute atomic E-state index is 11.3. The molecule has 0 saturated carbocycles. The number of carbonyl (C=O) groups excluding carboxylic acids is 2. The molecule has 6 heteroatoms. The number of hydrogen-bond acceptors (Lipinski definition) is 5. The quantitative estimate of drug-likeness (QED) is 0.500. The van der Waals surface area contributed by atoms with Crippen LogP contribution in [0.25, 0.3) is 0 Å². The third-order valence-corrected chi connectivity index (χ3v) is 1.92. The molecule has 1 N–H and O–H groups in total. The lowest BCUT2D eigenvalue weighted by atomic mass is 10.2. The molecule has 0 heterocycles. The van der Waals surface area contributed by atoms with Gasteiger partial charge in [-0.15, -0.1) is 0 Å². The van der Waals surface area contributed by atoms with Crippen molar-refractivity contribution >= 4 is 17.8 Å². The largest absolute Gasteiger partial charge is 0.445 e. The van der Waals surface area contributed by atoms with Gasteiger partial charge in [-0.25, -0.2) is 9.59 Å². The fourth-order valence-corrected chi connectivity index (χ4v) is 1.09. The molecular formula is C13H16N2O4. The average Bonchev–Trinajstić information content (AvgIpc) is 2.41. The Kier molecular flexibility index (Phi) is 6.08. The normalized spacial score (nSPS) is 9.37. The first kappa shape index (κ1) is 14.7. The topological polar surface area (TPSA) is 77.0 Å². The van der Waals surface area contributed by atoms with Gasteiger partial charge in [0.25, 0.3) is 0 Å². The van der Waals surface area contributed by atoms with E-state index in [1.165, 1.54) is 0 Å². The Labute approximate surface area is 111 Å². The van der Waals surface area contributed by atoms with E-state index in [9.17, 15) is 9.59 Å². The smallest absolute Gasteiger partial charge is 0.407 e. The third-order valence-electron chi connectivity index (χ3n) is 1.92. The van der Waals surface area contributed by atoms with Gasteiger partial charge >= 0.3 is 12.1 Å². The van der Waals surface area contributed by atoms with Crippen LogP contribution in [-0.2, 0) is 21.0 Å². The first-order valence-electron chi connectivity index (χ1n) is 5.73. The molecule has 1 rings (SSSR count). The van der Waals surface area contributed by atoms with Crippen molar-refractivity contribution in [2.45, 2.75) is 20.5 Å². The minimum Gasteiger partial charge on any atom is -0.445 e. The first-order chi connectivity index (χ1) is 9.08. The molecule has 0 atom stereocenters. The second kappa shape index (κ2) is 7.86. The summed E-state index contributed by atoms with van der Waals surface area (Å²) in [5.41, 5.74) is 1.48. The zero-order valence-corrected chi connectivity index (χ0v) is 10.9. The van der Waals surface area contributed by atoms with Crippen LogP contribution in [0.4, 0.5) is 4.79 Å². The number of nitrogens with one attached hydrogen (secondary N) is 1. The highest BCUT2D eigenvalue weighted by Crippen LogP contribution is 2.00. The van der Waals surface area contributed by atoms with Gasteiger partial charge in [0.15, 0.2) is 0 Å². The summed E-state index contributed by atoms with van der Waals surface area (Å²) in [5.74, 6) is -0.655. The van der Waals surface area contributed by atoms with Crippen LogP contribution in [0.2, 0.25) is 0 Å². The standard InChI is InChI=1S/C13H16N2O4/c1-10(2)15-19-12(16)8-14-13(17)18-9-11-6-4-3-5-7-11/h3-7H,8-9H2,1-2H3,(H,14,17). The van der Waals surface area contributed by atoms with Crippen LogP contribution in [0.5, 0.6) is 0 Å². The van der Waals surface area contributed by atoms with Crippen molar-refractivity contribution in [2.75, 3.05) is 6.54 Å². The lowest BCUT2D eigenvalue weighted by Gasteiger charge is -2.05. The summed E-state index contributed by atoms with van der Waals surface area (Å²) >= 11 is 0. The molecule has 0 fully saturated rings. The van der Waals surface area contributed by atoms with Crippen LogP contribution in [0.3, 0.4) is 0 Å². The number of oxime groups is 1. The molecule has 0 aliphatic carbocycles. The summed E-state index contributed by atoms with van der Waals surface area (Å²) in [4.78, 5) is 26.9. The summed E-state index contributed by atoms with van der Waals surface area (Å²) in [6.07, 6.45) is -0.682. The number of rotatable bonds is 5. The number of benzene rings is 1. The Morgan fingerprint density at radius 2 is 1.89 bits per heavy atom. The van der Waals surface area contributed by atoms with Crippen molar-refractivity contribution in [3.8, 4) is 0 Å². The second-order valence-electron chi connectivity index (χ2n) is 3.92. The lowest BCUT2D eigenvalue weighted by molar-refractivity contribution is -0.142. The van der Waals surface area contributed by atoms with Crippen molar-refractivity contribution in [2.24, 2.45) is 5.16 Å². The van der Waals surface area contributed by atoms with E-state index in [4.69, 9.17) is 4.74 Å². The molecule has 0 spiro atoms. The monoisotopic (exact) mass is 264 g/mol. The highest BCUT2D eigenvalue weighted by molar-refractivity contribution is 5.81. The molecule has 102 valence electrons. The summed E-state index contributed by atoms with van der Waals surface area (Å²) in [6.45, 7) is 3.24. The lowest BCUT2D eigenvalue weighted by Crippen LogP contribution is -2.30. The summed E-state index contributed by atoms with van der Waals surface area (Å²) < 4.78 is 4.91. The highest BCUT2D eigenvalue weighted by Gasteiger charge is 2.07. The SMILES string of the molecule is CC(C)=NOC(=O)CNC(=O)OCc1ccccc1. The number of amides is 1. The van der Waals surface area contributed by atoms with E-state index in [1.807, 2.05) is 30.3 Å². The molecular weight excluding hydrogens is 248 g/mol. The molecule has 19 heavy (non-hydrogen) atoms. The van der Waals surface area contributed by atoms with Crippen molar-refractivity contribution in [1.82, 2.24) is 5.32 Å².